The van der Waals surface area contributed by atoms with Gasteiger partial charge in [0.1, 0.15) is 0 Å². The van der Waals surface area contributed by atoms with Gasteiger partial charge in [0.15, 0.2) is 11.6 Å². The highest BCUT2D eigenvalue weighted by molar-refractivity contribution is 5.92. The molecule has 2 aromatic rings. The third kappa shape index (κ3) is 1.72. The highest BCUT2D eigenvalue weighted by Gasteiger charge is 2.19. The number of anilines is 1. The molecule has 5 nitrogen and oxygen atoms in total. The molecule has 0 radical (unpaired) electrons. The van der Waals surface area contributed by atoms with Gasteiger partial charge < -0.3 is 19.5 Å². The lowest BCUT2D eigenvalue weighted by molar-refractivity contribution is 0.392. The van der Waals surface area contributed by atoms with Gasteiger partial charge in [0.25, 0.3) is 0 Å². The monoisotopic (exact) mass is 233 g/mol. The molecule has 1 saturated heterocycles. The molecule has 0 spiro atoms. The lowest BCUT2D eigenvalue weighted by Crippen LogP contribution is -2.43. The smallest absolute Gasteiger partial charge is 0.210 e. The lowest BCUT2D eigenvalue weighted by Gasteiger charge is -2.26. The van der Waals surface area contributed by atoms with Crippen molar-refractivity contribution in [1.29, 1.82) is 0 Å². The quantitative estimate of drug-likeness (QED) is 0.846. The Morgan fingerprint density at radius 3 is 2.94 bits per heavy atom. The Morgan fingerprint density at radius 1 is 1.35 bits per heavy atom. The molecule has 1 aromatic carbocycles. The van der Waals surface area contributed by atoms with Crippen molar-refractivity contribution in [3.63, 3.8) is 0 Å². The summed E-state index contributed by atoms with van der Waals surface area (Å²) in [5.41, 5.74) is 0.725. The van der Waals surface area contributed by atoms with Crippen LogP contribution in [0.3, 0.4) is 0 Å². The van der Waals surface area contributed by atoms with Gasteiger partial charge in [-0.25, -0.2) is 0 Å². The zero-order valence-electron chi connectivity index (χ0n) is 9.77. The van der Waals surface area contributed by atoms with Crippen LogP contribution < -0.4 is 15.0 Å². The van der Waals surface area contributed by atoms with Gasteiger partial charge in [-0.05, 0) is 12.1 Å². The first-order chi connectivity index (χ1) is 8.40. The van der Waals surface area contributed by atoms with Gasteiger partial charge in [-0.15, -0.1) is 0 Å². The third-order valence-electron chi connectivity index (χ3n) is 3.08. The average Bonchev–Trinajstić information content (AvgIpc) is 2.83. The number of hydrogen-bond acceptors (Lipinski definition) is 5. The number of nitrogens with one attached hydrogen (secondary N) is 1. The number of aromatic nitrogens is 1. The van der Waals surface area contributed by atoms with E-state index in [1.54, 1.807) is 7.11 Å². The number of fused-ring (bicyclic) bond motifs is 1. The van der Waals surface area contributed by atoms with E-state index in [-0.39, 0.29) is 0 Å². The van der Waals surface area contributed by atoms with Crippen molar-refractivity contribution >= 4 is 16.8 Å². The number of methoxy groups -OCH3 is 1. The predicted molar refractivity (Wildman–Crippen MR) is 65.6 cm³/mol. The van der Waals surface area contributed by atoms with Crippen molar-refractivity contribution in [3.8, 4) is 5.75 Å². The maximum absolute atomic E-state index is 5.39. The van der Waals surface area contributed by atoms with Crippen LogP contribution in [0, 0.1) is 0 Å². The molecule has 2 heterocycles. The maximum Gasteiger partial charge on any atom is 0.210 e. The molecule has 0 aliphatic carbocycles. The second-order valence-corrected chi connectivity index (χ2v) is 4.08. The molecule has 1 aliphatic rings. The fraction of sp³-hybridized carbons (Fsp3) is 0.417. The Hall–Kier alpha value is -1.75. The first kappa shape index (κ1) is 10.4. The van der Waals surface area contributed by atoms with E-state index in [1.165, 1.54) is 0 Å². The summed E-state index contributed by atoms with van der Waals surface area (Å²) in [4.78, 5) is 2.24. The number of piperazine rings is 1. The summed E-state index contributed by atoms with van der Waals surface area (Å²) in [5.74, 6) is 1.65. The Morgan fingerprint density at radius 2 is 2.18 bits per heavy atom. The molecule has 1 aromatic heterocycles. The SMILES string of the molecule is COc1cccc2c(N3CCNCC3)noc12. The molecule has 0 unspecified atom stereocenters. The van der Waals surface area contributed by atoms with Crippen LogP contribution in [0.5, 0.6) is 5.75 Å². The molecule has 0 amide bonds. The van der Waals surface area contributed by atoms with Gasteiger partial charge in [-0.1, -0.05) is 11.2 Å². The van der Waals surface area contributed by atoms with Gasteiger partial charge >= 0.3 is 0 Å². The molecule has 0 bridgehead atoms. The molecule has 1 N–H and O–H groups in total. The van der Waals surface area contributed by atoms with Crippen LogP contribution >= 0.6 is 0 Å². The minimum atomic E-state index is 0.725. The summed E-state index contributed by atoms with van der Waals surface area (Å²) >= 11 is 0. The Labute approximate surface area is 99.3 Å². The molecule has 0 saturated carbocycles. The van der Waals surface area contributed by atoms with Crippen LogP contribution in [0.25, 0.3) is 11.0 Å². The maximum atomic E-state index is 5.39. The molecule has 5 heteroatoms. The summed E-state index contributed by atoms with van der Waals surface area (Å²) in [5, 5.41) is 8.51. The van der Waals surface area contributed by atoms with Gasteiger partial charge in [-0.3, -0.25) is 0 Å². The van der Waals surface area contributed by atoms with Crippen LogP contribution in [-0.2, 0) is 0 Å². The molecule has 0 atom stereocenters. The largest absolute Gasteiger partial charge is 0.493 e. The number of nitrogens with zero attached hydrogens (tertiary/aromatic N) is 2. The van der Waals surface area contributed by atoms with E-state index in [2.05, 4.69) is 15.4 Å². The first-order valence-corrected chi connectivity index (χ1v) is 5.78. The van der Waals surface area contributed by atoms with Crippen LogP contribution in [0.4, 0.5) is 5.82 Å². The van der Waals surface area contributed by atoms with E-state index < -0.39 is 0 Å². The fourth-order valence-corrected chi connectivity index (χ4v) is 2.19. The van der Waals surface area contributed by atoms with Crippen molar-refractivity contribution in [3.05, 3.63) is 18.2 Å². The van der Waals surface area contributed by atoms with E-state index >= 15 is 0 Å². The summed E-state index contributed by atoms with van der Waals surface area (Å²) in [6.07, 6.45) is 0. The normalized spacial score (nSPS) is 16.4. The zero-order valence-corrected chi connectivity index (χ0v) is 9.77. The lowest BCUT2D eigenvalue weighted by atomic mass is 10.2. The van der Waals surface area contributed by atoms with Crippen LogP contribution in [0.2, 0.25) is 0 Å². The molecular weight excluding hydrogens is 218 g/mol. The second-order valence-electron chi connectivity index (χ2n) is 4.08. The molecule has 3 rings (SSSR count). The predicted octanol–water partition coefficient (Wildman–Crippen LogP) is 1.25. The summed E-state index contributed by atoms with van der Waals surface area (Å²) < 4.78 is 10.7. The van der Waals surface area contributed by atoms with E-state index in [0.29, 0.717) is 0 Å². The van der Waals surface area contributed by atoms with Gasteiger partial charge in [0.2, 0.25) is 5.58 Å². The van der Waals surface area contributed by atoms with Crippen molar-refractivity contribution in [2.75, 3.05) is 38.2 Å². The van der Waals surface area contributed by atoms with Crippen LogP contribution in [-0.4, -0.2) is 38.4 Å². The minimum Gasteiger partial charge on any atom is -0.493 e. The third-order valence-corrected chi connectivity index (χ3v) is 3.08. The van der Waals surface area contributed by atoms with Crippen LogP contribution in [0.15, 0.2) is 22.7 Å². The molecular formula is C12H15N3O2. The molecule has 90 valence electrons. The summed E-state index contributed by atoms with van der Waals surface area (Å²) in [7, 11) is 1.64. The number of hydrogen-bond donors (Lipinski definition) is 1. The van der Waals surface area contributed by atoms with E-state index in [0.717, 1.165) is 48.7 Å². The van der Waals surface area contributed by atoms with Crippen molar-refractivity contribution in [1.82, 2.24) is 10.5 Å². The number of para-hydroxylation sites is 1. The van der Waals surface area contributed by atoms with Crippen molar-refractivity contribution < 1.29 is 9.26 Å². The summed E-state index contributed by atoms with van der Waals surface area (Å²) in [6.45, 7) is 3.88. The minimum absolute atomic E-state index is 0.725. The van der Waals surface area contributed by atoms with Gasteiger partial charge in [0.05, 0.1) is 12.5 Å². The topological polar surface area (TPSA) is 50.5 Å². The highest BCUT2D eigenvalue weighted by Crippen LogP contribution is 2.32. The Bertz CT molecular complexity index is 517. The number of benzene rings is 1. The van der Waals surface area contributed by atoms with E-state index in [1.807, 2.05) is 18.2 Å². The Kier molecular flexibility index (Phi) is 2.60. The number of rotatable bonds is 2. The van der Waals surface area contributed by atoms with Crippen molar-refractivity contribution in [2.45, 2.75) is 0 Å². The van der Waals surface area contributed by atoms with Crippen molar-refractivity contribution in [2.24, 2.45) is 0 Å². The first-order valence-electron chi connectivity index (χ1n) is 5.78. The second kappa shape index (κ2) is 4.25. The molecule has 17 heavy (non-hydrogen) atoms. The van der Waals surface area contributed by atoms with E-state index in [9.17, 15) is 0 Å². The average molecular weight is 233 g/mol. The standard InChI is InChI=1S/C12H15N3O2/c1-16-10-4-2-3-9-11(10)17-14-12(9)15-7-5-13-6-8-15/h2-4,13H,5-8H2,1H3. The zero-order chi connectivity index (χ0) is 11.7. The van der Waals surface area contributed by atoms with E-state index in [4.69, 9.17) is 9.26 Å². The van der Waals surface area contributed by atoms with Gasteiger partial charge in [-0.2, -0.15) is 0 Å². The number of ether oxygens (including phenoxy) is 1. The highest BCUT2D eigenvalue weighted by atomic mass is 16.5. The molecule has 1 aliphatic heterocycles. The van der Waals surface area contributed by atoms with Crippen LogP contribution in [0.1, 0.15) is 0 Å². The van der Waals surface area contributed by atoms with Gasteiger partial charge in [0, 0.05) is 26.2 Å². The summed E-state index contributed by atoms with van der Waals surface area (Å²) in [6, 6.07) is 5.87. The Balaban J connectivity index is 2.05. The molecule has 1 fully saturated rings. The fourth-order valence-electron chi connectivity index (χ4n) is 2.19.